The summed E-state index contributed by atoms with van der Waals surface area (Å²) in [5, 5.41) is 0.714. The molecule has 0 heterocycles. The summed E-state index contributed by atoms with van der Waals surface area (Å²) in [4.78, 5) is 0. The molecule has 0 radical (unpaired) electrons. The van der Waals surface area contributed by atoms with Crippen LogP contribution in [0.2, 0.25) is 5.02 Å². The average molecular weight is 256 g/mol. The molecular formula is C14H22ClNO. The van der Waals surface area contributed by atoms with Crippen LogP contribution in [0.5, 0.6) is 0 Å². The minimum Gasteiger partial charge on any atom is -0.373 e. The van der Waals surface area contributed by atoms with Gasteiger partial charge in [-0.2, -0.15) is 0 Å². The van der Waals surface area contributed by atoms with Crippen LogP contribution < -0.4 is 5.73 Å². The standard InChI is InChI=1S/C14H22ClNO/c1-4-14(5-2,17-6-3)13(16)11-9-7-8-10-12(11)15/h7-10,13H,4-6,16H2,1-3H3. The molecule has 0 bridgehead atoms. The molecule has 96 valence electrons. The molecular weight excluding hydrogens is 234 g/mol. The average Bonchev–Trinajstić information content (AvgIpc) is 2.36. The Labute approximate surface area is 109 Å². The molecule has 1 atom stereocenters. The van der Waals surface area contributed by atoms with Crippen molar-refractivity contribution in [3.8, 4) is 0 Å². The zero-order chi connectivity index (χ0) is 12.9. The van der Waals surface area contributed by atoms with Gasteiger partial charge in [0, 0.05) is 11.6 Å². The lowest BCUT2D eigenvalue weighted by atomic mass is 9.84. The quantitative estimate of drug-likeness (QED) is 0.836. The van der Waals surface area contributed by atoms with Gasteiger partial charge in [0.05, 0.1) is 11.6 Å². The Balaban J connectivity index is 3.07. The Morgan fingerprint density at radius 1 is 1.24 bits per heavy atom. The Morgan fingerprint density at radius 3 is 2.29 bits per heavy atom. The molecule has 0 fully saturated rings. The predicted octanol–water partition coefficient (Wildman–Crippen LogP) is 3.94. The normalized spacial score (nSPS) is 13.7. The van der Waals surface area contributed by atoms with E-state index in [1.54, 1.807) is 0 Å². The van der Waals surface area contributed by atoms with Crippen LogP contribution in [-0.4, -0.2) is 12.2 Å². The fourth-order valence-electron chi connectivity index (χ4n) is 2.28. The van der Waals surface area contributed by atoms with Gasteiger partial charge in [0.1, 0.15) is 0 Å². The van der Waals surface area contributed by atoms with Crippen LogP contribution in [0.1, 0.15) is 45.2 Å². The second-order valence-electron chi connectivity index (χ2n) is 4.20. The summed E-state index contributed by atoms with van der Waals surface area (Å²) >= 11 is 6.20. The van der Waals surface area contributed by atoms with Crippen LogP contribution >= 0.6 is 11.6 Å². The van der Waals surface area contributed by atoms with E-state index in [9.17, 15) is 0 Å². The molecule has 1 aromatic carbocycles. The first-order valence-corrected chi connectivity index (χ1v) is 6.63. The first kappa shape index (κ1) is 14.5. The van der Waals surface area contributed by atoms with E-state index in [2.05, 4.69) is 13.8 Å². The maximum absolute atomic E-state index is 6.37. The van der Waals surface area contributed by atoms with Gasteiger partial charge in [-0.15, -0.1) is 0 Å². The predicted molar refractivity (Wildman–Crippen MR) is 73.3 cm³/mol. The van der Waals surface area contributed by atoms with E-state index in [0.29, 0.717) is 11.6 Å². The number of ether oxygens (including phenoxy) is 1. The van der Waals surface area contributed by atoms with Crippen LogP contribution in [0, 0.1) is 0 Å². The van der Waals surface area contributed by atoms with Crippen LogP contribution in [0.4, 0.5) is 0 Å². The Kier molecular flexibility index (Phi) is 5.44. The van der Waals surface area contributed by atoms with Gasteiger partial charge in [-0.05, 0) is 31.4 Å². The highest BCUT2D eigenvalue weighted by Crippen LogP contribution is 2.36. The van der Waals surface area contributed by atoms with E-state index in [4.69, 9.17) is 22.1 Å². The van der Waals surface area contributed by atoms with E-state index in [-0.39, 0.29) is 11.6 Å². The maximum Gasteiger partial charge on any atom is 0.0869 e. The van der Waals surface area contributed by atoms with Crippen molar-refractivity contribution in [3.05, 3.63) is 34.9 Å². The van der Waals surface area contributed by atoms with Crippen molar-refractivity contribution in [2.45, 2.75) is 45.3 Å². The van der Waals surface area contributed by atoms with Gasteiger partial charge in [0.15, 0.2) is 0 Å². The third-order valence-corrected chi connectivity index (χ3v) is 3.78. The summed E-state index contributed by atoms with van der Waals surface area (Å²) in [6.45, 7) is 6.88. The van der Waals surface area contributed by atoms with Crippen molar-refractivity contribution in [3.63, 3.8) is 0 Å². The fraction of sp³-hybridized carbons (Fsp3) is 0.571. The number of benzene rings is 1. The van der Waals surface area contributed by atoms with Crippen molar-refractivity contribution in [2.24, 2.45) is 5.73 Å². The van der Waals surface area contributed by atoms with E-state index < -0.39 is 0 Å². The molecule has 2 N–H and O–H groups in total. The third-order valence-electron chi connectivity index (χ3n) is 3.44. The van der Waals surface area contributed by atoms with Gasteiger partial charge in [0.25, 0.3) is 0 Å². The van der Waals surface area contributed by atoms with E-state index in [0.717, 1.165) is 18.4 Å². The lowest BCUT2D eigenvalue weighted by Crippen LogP contribution is -2.43. The minimum atomic E-state index is -0.320. The maximum atomic E-state index is 6.37. The zero-order valence-electron chi connectivity index (χ0n) is 10.9. The fourth-order valence-corrected chi connectivity index (χ4v) is 2.54. The summed E-state index contributed by atoms with van der Waals surface area (Å²) in [6, 6.07) is 7.54. The van der Waals surface area contributed by atoms with Crippen LogP contribution in [-0.2, 0) is 4.74 Å². The number of nitrogens with two attached hydrogens (primary N) is 1. The highest BCUT2D eigenvalue weighted by Gasteiger charge is 2.35. The SMILES string of the molecule is CCOC(CC)(CC)C(N)c1ccccc1Cl. The lowest BCUT2D eigenvalue weighted by molar-refractivity contribution is -0.0645. The number of hydrogen-bond donors (Lipinski definition) is 1. The lowest BCUT2D eigenvalue weighted by Gasteiger charge is -2.37. The molecule has 0 aliphatic rings. The van der Waals surface area contributed by atoms with Crippen molar-refractivity contribution < 1.29 is 4.74 Å². The molecule has 0 spiro atoms. The van der Waals surface area contributed by atoms with Gasteiger partial charge >= 0.3 is 0 Å². The van der Waals surface area contributed by atoms with Gasteiger partial charge in [-0.3, -0.25) is 0 Å². The Hall–Kier alpha value is -0.570. The third kappa shape index (κ3) is 3.01. The van der Waals surface area contributed by atoms with Crippen molar-refractivity contribution in [1.29, 1.82) is 0 Å². The first-order chi connectivity index (χ1) is 8.11. The molecule has 17 heavy (non-hydrogen) atoms. The van der Waals surface area contributed by atoms with Gasteiger partial charge < -0.3 is 10.5 Å². The molecule has 0 aliphatic heterocycles. The minimum absolute atomic E-state index is 0.189. The molecule has 3 heteroatoms. The molecule has 0 saturated heterocycles. The summed E-state index contributed by atoms with van der Waals surface area (Å²) < 4.78 is 5.92. The zero-order valence-corrected chi connectivity index (χ0v) is 11.6. The smallest absolute Gasteiger partial charge is 0.0869 e. The highest BCUT2D eigenvalue weighted by atomic mass is 35.5. The van der Waals surface area contributed by atoms with Crippen molar-refractivity contribution in [2.75, 3.05) is 6.61 Å². The molecule has 1 rings (SSSR count). The van der Waals surface area contributed by atoms with Crippen LogP contribution in [0.3, 0.4) is 0 Å². The van der Waals surface area contributed by atoms with E-state index in [1.807, 2.05) is 31.2 Å². The molecule has 0 saturated carbocycles. The van der Waals surface area contributed by atoms with Crippen LogP contribution in [0.15, 0.2) is 24.3 Å². The largest absolute Gasteiger partial charge is 0.373 e. The number of halogens is 1. The highest BCUT2D eigenvalue weighted by molar-refractivity contribution is 6.31. The summed E-state index contributed by atoms with van der Waals surface area (Å²) in [7, 11) is 0. The molecule has 0 aliphatic carbocycles. The molecule has 0 amide bonds. The first-order valence-electron chi connectivity index (χ1n) is 6.25. The monoisotopic (exact) mass is 255 g/mol. The summed E-state index contributed by atoms with van der Waals surface area (Å²) in [5.41, 5.74) is 7.02. The topological polar surface area (TPSA) is 35.2 Å². The summed E-state index contributed by atoms with van der Waals surface area (Å²) in [5.74, 6) is 0. The second kappa shape index (κ2) is 6.39. The van der Waals surface area contributed by atoms with E-state index >= 15 is 0 Å². The molecule has 1 unspecified atom stereocenters. The van der Waals surface area contributed by atoms with Crippen molar-refractivity contribution >= 4 is 11.6 Å². The van der Waals surface area contributed by atoms with E-state index in [1.165, 1.54) is 0 Å². The van der Waals surface area contributed by atoms with Crippen LogP contribution in [0.25, 0.3) is 0 Å². The molecule has 2 nitrogen and oxygen atoms in total. The van der Waals surface area contributed by atoms with Gasteiger partial charge in [0.2, 0.25) is 0 Å². The van der Waals surface area contributed by atoms with Crippen molar-refractivity contribution in [1.82, 2.24) is 0 Å². The number of hydrogen-bond acceptors (Lipinski definition) is 2. The molecule has 0 aromatic heterocycles. The molecule has 1 aromatic rings. The number of rotatable bonds is 6. The van der Waals surface area contributed by atoms with Gasteiger partial charge in [-0.1, -0.05) is 43.6 Å². The Bertz CT molecular complexity index is 350. The summed E-state index contributed by atoms with van der Waals surface area (Å²) in [6.07, 6.45) is 1.76. The second-order valence-corrected chi connectivity index (χ2v) is 4.61. The van der Waals surface area contributed by atoms with Gasteiger partial charge in [-0.25, -0.2) is 0 Å². The Morgan fingerprint density at radius 2 is 1.82 bits per heavy atom.